The van der Waals surface area contributed by atoms with E-state index in [0.717, 1.165) is 36.6 Å². The lowest BCUT2D eigenvalue weighted by Gasteiger charge is -2.16. The van der Waals surface area contributed by atoms with Crippen LogP contribution >= 0.6 is 15.9 Å². The van der Waals surface area contributed by atoms with Crippen LogP contribution in [-0.4, -0.2) is 17.2 Å². The van der Waals surface area contributed by atoms with Gasteiger partial charge in [-0.25, -0.2) is 4.79 Å². The number of hydrogen-bond acceptors (Lipinski definition) is 1. The lowest BCUT2D eigenvalue weighted by molar-refractivity contribution is 0.188. The van der Waals surface area contributed by atoms with Crippen molar-refractivity contribution in [3.63, 3.8) is 0 Å². The van der Waals surface area contributed by atoms with Crippen LogP contribution in [0.5, 0.6) is 0 Å². The topological polar surface area (TPSA) is 49.3 Å². The number of amides is 1. The minimum absolute atomic E-state index is 0.0505. The average Bonchev–Trinajstić information content (AvgIpc) is 2.34. The van der Waals surface area contributed by atoms with Gasteiger partial charge in [-0.3, -0.25) is 0 Å². The summed E-state index contributed by atoms with van der Waals surface area (Å²) in [6.07, 6.45) is 3.86. The van der Waals surface area contributed by atoms with Crippen LogP contribution in [0.2, 0.25) is 0 Å². The zero-order chi connectivity index (χ0) is 13.4. The molecule has 0 aliphatic rings. The van der Waals surface area contributed by atoms with E-state index in [1.54, 1.807) is 0 Å². The van der Waals surface area contributed by atoms with E-state index in [-0.39, 0.29) is 6.04 Å². The standard InChI is InChI=1S/C14H20BrNO2/c1-2-3-7-12(16-14(17)18)10-9-11-6-4-5-8-13(11)15/h4-6,8,12,16H,2-3,7,9-10H2,1H3,(H,17,18). The second kappa shape index (κ2) is 8.14. The van der Waals surface area contributed by atoms with Crippen molar-refractivity contribution in [2.45, 2.75) is 45.1 Å². The van der Waals surface area contributed by atoms with Crippen LogP contribution < -0.4 is 5.32 Å². The monoisotopic (exact) mass is 313 g/mol. The van der Waals surface area contributed by atoms with Gasteiger partial charge in [-0.2, -0.15) is 0 Å². The molecule has 1 atom stereocenters. The maximum atomic E-state index is 10.7. The lowest BCUT2D eigenvalue weighted by atomic mass is 10.0. The van der Waals surface area contributed by atoms with Crippen molar-refractivity contribution in [3.05, 3.63) is 34.3 Å². The summed E-state index contributed by atoms with van der Waals surface area (Å²) in [5, 5.41) is 11.4. The number of nitrogens with one attached hydrogen (secondary N) is 1. The van der Waals surface area contributed by atoms with Crippen molar-refractivity contribution < 1.29 is 9.90 Å². The van der Waals surface area contributed by atoms with Gasteiger partial charge < -0.3 is 10.4 Å². The third kappa shape index (κ3) is 5.54. The molecule has 0 radical (unpaired) electrons. The Morgan fingerprint density at radius 3 is 2.72 bits per heavy atom. The van der Waals surface area contributed by atoms with Crippen molar-refractivity contribution in [1.82, 2.24) is 5.32 Å². The van der Waals surface area contributed by atoms with Gasteiger partial charge >= 0.3 is 6.09 Å². The van der Waals surface area contributed by atoms with Crippen molar-refractivity contribution in [3.8, 4) is 0 Å². The zero-order valence-electron chi connectivity index (χ0n) is 10.7. The molecule has 0 aromatic heterocycles. The maximum absolute atomic E-state index is 10.7. The average molecular weight is 314 g/mol. The number of carbonyl (C=O) groups is 1. The van der Waals surface area contributed by atoms with Gasteiger partial charge in [0.2, 0.25) is 0 Å². The number of aryl methyl sites for hydroxylation is 1. The van der Waals surface area contributed by atoms with E-state index in [0.29, 0.717) is 0 Å². The first-order chi connectivity index (χ1) is 8.63. The van der Waals surface area contributed by atoms with Gasteiger partial charge in [0.25, 0.3) is 0 Å². The highest BCUT2D eigenvalue weighted by Gasteiger charge is 2.11. The first-order valence-electron chi connectivity index (χ1n) is 6.36. The number of unbranched alkanes of at least 4 members (excludes halogenated alkanes) is 1. The fraction of sp³-hybridized carbons (Fsp3) is 0.500. The van der Waals surface area contributed by atoms with E-state index in [1.807, 2.05) is 18.2 Å². The predicted octanol–water partition coefficient (Wildman–Crippen LogP) is 4.21. The number of halogens is 1. The summed E-state index contributed by atoms with van der Waals surface area (Å²) in [5.41, 5.74) is 1.23. The Balaban J connectivity index is 2.50. The molecule has 0 bridgehead atoms. The van der Waals surface area contributed by atoms with Crippen LogP contribution in [0.4, 0.5) is 4.79 Å². The zero-order valence-corrected chi connectivity index (χ0v) is 12.2. The van der Waals surface area contributed by atoms with Crippen LogP contribution in [0.25, 0.3) is 0 Å². The van der Waals surface area contributed by atoms with E-state index in [9.17, 15) is 4.79 Å². The van der Waals surface area contributed by atoms with E-state index < -0.39 is 6.09 Å². The molecule has 4 heteroatoms. The summed E-state index contributed by atoms with van der Waals surface area (Å²) < 4.78 is 1.09. The normalized spacial score (nSPS) is 12.1. The molecule has 1 rings (SSSR count). The molecular formula is C14H20BrNO2. The Morgan fingerprint density at radius 1 is 1.39 bits per heavy atom. The van der Waals surface area contributed by atoms with E-state index in [2.05, 4.69) is 34.2 Å². The molecule has 1 unspecified atom stereocenters. The molecule has 1 amide bonds. The molecule has 1 aromatic rings. The van der Waals surface area contributed by atoms with Gasteiger partial charge in [0.15, 0.2) is 0 Å². The molecule has 0 saturated heterocycles. The first kappa shape index (κ1) is 15.0. The summed E-state index contributed by atoms with van der Waals surface area (Å²) in [6, 6.07) is 8.13. The Labute approximate surface area is 117 Å². The lowest BCUT2D eigenvalue weighted by Crippen LogP contribution is -2.34. The SMILES string of the molecule is CCCCC(CCc1ccccc1Br)NC(=O)O. The highest BCUT2D eigenvalue weighted by atomic mass is 79.9. The van der Waals surface area contributed by atoms with Gasteiger partial charge in [0, 0.05) is 10.5 Å². The number of hydrogen-bond donors (Lipinski definition) is 2. The first-order valence-corrected chi connectivity index (χ1v) is 7.15. The predicted molar refractivity (Wildman–Crippen MR) is 76.9 cm³/mol. The number of carboxylic acid groups (broad SMARTS) is 1. The van der Waals surface area contributed by atoms with Gasteiger partial charge in [0.1, 0.15) is 0 Å². The Bertz CT molecular complexity index is 382. The molecule has 1 aromatic carbocycles. The molecule has 18 heavy (non-hydrogen) atoms. The molecule has 0 heterocycles. The van der Waals surface area contributed by atoms with E-state index >= 15 is 0 Å². The van der Waals surface area contributed by atoms with Crippen LogP contribution in [-0.2, 0) is 6.42 Å². The molecule has 100 valence electrons. The van der Waals surface area contributed by atoms with Crippen molar-refractivity contribution in [2.75, 3.05) is 0 Å². The summed E-state index contributed by atoms with van der Waals surface area (Å²) in [6.45, 7) is 2.12. The maximum Gasteiger partial charge on any atom is 0.404 e. The molecule has 2 N–H and O–H groups in total. The Kier molecular flexibility index (Phi) is 6.80. The summed E-state index contributed by atoms with van der Waals surface area (Å²) in [4.78, 5) is 10.7. The fourth-order valence-electron chi connectivity index (χ4n) is 1.94. The van der Waals surface area contributed by atoms with Gasteiger partial charge in [-0.05, 0) is 30.9 Å². The number of benzene rings is 1. The molecular weight excluding hydrogens is 294 g/mol. The third-order valence-electron chi connectivity index (χ3n) is 2.95. The highest BCUT2D eigenvalue weighted by Crippen LogP contribution is 2.19. The van der Waals surface area contributed by atoms with Crippen LogP contribution in [0.3, 0.4) is 0 Å². The molecule has 0 fully saturated rings. The summed E-state index contributed by atoms with van der Waals surface area (Å²) >= 11 is 3.51. The second-order valence-electron chi connectivity index (χ2n) is 4.42. The van der Waals surface area contributed by atoms with Crippen molar-refractivity contribution >= 4 is 22.0 Å². The highest BCUT2D eigenvalue weighted by molar-refractivity contribution is 9.10. The molecule has 0 saturated carbocycles. The van der Waals surface area contributed by atoms with E-state index in [4.69, 9.17) is 5.11 Å². The van der Waals surface area contributed by atoms with Crippen LogP contribution in [0.1, 0.15) is 38.2 Å². The second-order valence-corrected chi connectivity index (χ2v) is 5.27. The smallest absolute Gasteiger partial charge is 0.404 e. The fourth-order valence-corrected chi connectivity index (χ4v) is 2.43. The summed E-state index contributed by atoms with van der Waals surface area (Å²) in [5.74, 6) is 0. The van der Waals surface area contributed by atoms with E-state index in [1.165, 1.54) is 5.56 Å². The van der Waals surface area contributed by atoms with Crippen molar-refractivity contribution in [1.29, 1.82) is 0 Å². The van der Waals surface area contributed by atoms with Gasteiger partial charge in [0.05, 0.1) is 0 Å². The molecule has 0 aliphatic carbocycles. The molecule has 0 spiro atoms. The minimum Gasteiger partial charge on any atom is -0.465 e. The van der Waals surface area contributed by atoms with Crippen molar-refractivity contribution in [2.24, 2.45) is 0 Å². The third-order valence-corrected chi connectivity index (χ3v) is 3.73. The van der Waals surface area contributed by atoms with Gasteiger partial charge in [-0.15, -0.1) is 0 Å². The summed E-state index contributed by atoms with van der Waals surface area (Å²) in [7, 11) is 0. The largest absolute Gasteiger partial charge is 0.465 e. The molecule has 0 aliphatic heterocycles. The Morgan fingerprint density at radius 2 is 2.11 bits per heavy atom. The Hall–Kier alpha value is -1.03. The minimum atomic E-state index is -0.928. The molecule has 3 nitrogen and oxygen atoms in total. The quantitative estimate of drug-likeness (QED) is 0.792. The number of rotatable bonds is 7. The van der Waals surface area contributed by atoms with Crippen LogP contribution in [0, 0.1) is 0 Å². The van der Waals surface area contributed by atoms with Crippen LogP contribution in [0.15, 0.2) is 28.7 Å². The van der Waals surface area contributed by atoms with Gasteiger partial charge in [-0.1, -0.05) is 53.9 Å².